The van der Waals surface area contributed by atoms with E-state index in [9.17, 15) is 14.0 Å². The van der Waals surface area contributed by atoms with E-state index in [1.165, 1.54) is 4.74 Å². The molecule has 1 aromatic carbocycles. The lowest BCUT2D eigenvalue weighted by Crippen LogP contribution is -2.30. The van der Waals surface area contributed by atoms with Crippen LogP contribution in [0, 0.1) is 0 Å². The zero-order valence-electron chi connectivity index (χ0n) is 13.7. The van der Waals surface area contributed by atoms with E-state index < -0.39 is 11.6 Å². The van der Waals surface area contributed by atoms with Gasteiger partial charge in [-0.1, -0.05) is 0 Å². The van der Waals surface area contributed by atoms with Crippen LogP contribution in [-0.4, -0.2) is 24.0 Å². The highest BCUT2D eigenvalue weighted by atomic mass is 19.1. The van der Waals surface area contributed by atoms with Crippen molar-refractivity contribution in [3.8, 4) is 5.75 Å². The lowest BCUT2D eigenvalue weighted by atomic mass is 10.1. The number of nitrogens with zero attached hydrogens (tertiary/aromatic N) is 1. The fourth-order valence-electron chi connectivity index (χ4n) is 1.98. The maximum atomic E-state index is 12.7. The van der Waals surface area contributed by atoms with Gasteiger partial charge in [0.2, 0.25) is 0 Å². The van der Waals surface area contributed by atoms with Crippen LogP contribution in [0.25, 0.3) is 11.0 Å². The molecule has 0 aliphatic carbocycles. The summed E-state index contributed by atoms with van der Waals surface area (Å²) in [4.78, 5) is 22.8. The van der Waals surface area contributed by atoms with E-state index in [1.807, 2.05) is 20.8 Å². The second kappa shape index (κ2) is 6.77. The number of hydrogen-bond donors (Lipinski definition) is 1. The Hall–Kier alpha value is -2.77. The van der Waals surface area contributed by atoms with Crippen LogP contribution >= 0.6 is 0 Å². The van der Waals surface area contributed by atoms with E-state index in [4.69, 9.17) is 15.0 Å². The monoisotopic (exact) mass is 338 g/mol. The highest BCUT2D eigenvalue weighted by Gasteiger charge is 2.21. The lowest BCUT2D eigenvalue weighted by molar-refractivity contribution is 0.162. The summed E-state index contributed by atoms with van der Waals surface area (Å²) in [5.41, 5.74) is 4.56. The number of carbonyl (C=O) groups is 1. The number of ether oxygens (including phenoxy) is 2. The minimum absolute atomic E-state index is 0.0996. The van der Waals surface area contributed by atoms with Crippen molar-refractivity contribution in [1.82, 2.24) is 4.74 Å². The van der Waals surface area contributed by atoms with Crippen LogP contribution in [0.1, 0.15) is 20.8 Å². The fraction of sp³-hybridized carbons (Fsp3) is 0.375. The average Bonchev–Trinajstić information content (AvgIpc) is 2.84. The summed E-state index contributed by atoms with van der Waals surface area (Å²) in [6, 6.07) is 4.71. The Bertz CT molecular complexity index is 829. The highest BCUT2D eigenvalue weighted by molar-refractivity contribution is 5.77. The Morgan fingerprint density at radius 3 is 2.67 bits per heavy atom. The van der Waals surface area contributed by atoms with Crippen LogP contribution in [0.15, 0.2) is 39.4 Å². The molecule has 0 fully saturated rings. The van der Waals surface area contributed by atoms with Crippen molar-refractivity contribution in [3.05, 3.63) is 40.5 Å². The van der Waals surface area contributed by atoms with Crippen molar-refractivity contribution in [2.45, 2.75) is 26.3 Å². The second-order valence-electron chi connectivity index (χ2n) is 6.18. The Balaban J connectivity index is 2.16. The Morgan fingerprint density at radius 1 is 1.38 bits per heavy atom. The smallest absolute Gasteiger partial charge is 0.404 e. The molecule has 2 N–H and O–H groups in total. The van der Waals surface area contributed by atoms with Gasteiger partial charge in [-0.25, -0.2) is 9.18 Å². The fourth-order valence-corrected chi connectivity index (χ4v) is 1.98. The molecule has 8 heteroatoms. The average molecular weight is 338 g/mol. The quantitative estimate of drug-likeness (QED) is 0.904. The maximum Gasteiger partial charge on any atom is 0.404 e. The van der Waals surface area contributed by atoms with Crippen molar-refractivity contribution in [1.29, 1.82) is 0 Å². The SMILES string of the molecule is CC(C)(C)n1oc2cc(OC/C(=C/F)COC(N)=O)ccc2c1=O. The molecule has 2 rings (SSSR count). The minimum Gasteiger partial charge on any atom is -0.489 e. The van der Waals surface area contributed by atoms with Crippen LogP contribution in [0.5, 0.6) is 5.75 Å². The number of halogens is 1. The molecule has 1 amide bonds. The summed E-state index contributed by atoms with van der Waals surface area (Å²) in [7, 11) is 0. The van der Waals surface area contributed by atoms with Crippen LogP contribution in [0.2, 0.25) is 0 Å². The maximum absolute atomic E-state index is 12.7. The molecule has 0 atom stereocenters. The third-order valence-electron chi connectivity index (χ3n) is 3.15. The summed E-state index contributed by atoms with van der Waals surface area (Å²) in [6.45, 7) is 5.12. The van der Waals surface area contributed by atoms with Gasteiger partial charge in [-0.05, 0) is 32.9 Å². The zero-order chi connectivity index (χ0) is 17.9. The molecule has 0 aliphatic heterocycles. The van der Waals surface area contributed by atoms with Crippen LogP contribution in [0.4, 0.5) is 9.18 Å². The number of rotatable bonds is 5. The number of primary amides is 1. The summed E-state index contributed by atoms with van der Waals surface area (Å²) in [5, 5.41) is 0.426. The summed E-state index contributed by atoms with van der Waals surface area (Å²) in [5.74, 6) is 0.385. The van der Waals surface area contributed by atoms with E-state index >= 15 is 0 Å². The molecule has 1 heterocycles. The Labute approximate surface area is 137 Å². The molecule has 0 saturated heterocycles. The molecule has 0 bridgehead atoms. The largest absolute Gasteiger partial charge is 0.489 e. The number of fused-ring (bicyclic) bond motifs is 1. The van der Waals surface area contributed by atoms with E-state index in [-0.39, 0.29) is 30.7 Å². The molecule has 130 valence electrons. The lowest BCUT2D eigenvalue weighted by Gasteiger charge is -2.16. The molecule has 24 heavy (non-hydrogen) atoms. The summed E-state index contributed by atoms with van der Waals surface area (Å²) >= 11 is 0. The van der Waals surface area contributed by atoms with Gasteiger partial charge in [-0.2, -0.15) is 4.74 Å². The number of amides is 1. The van der Waals surface area contributed by atoms with E-state index in [0.29, 0.717) is 16.7 Å². The number of carbonyl (C=O) groups excluding carboxylic acids is 1. The summed E-state index contributed by atoms with van der Waals surface area (Å²) < 4.78 is 29.5. The molecule has 1 aromatic heterocycles. The molecule has 0 aliphatic rings. The van der Waals surface area contributed by atoms with Crippen molar-refractivity contribution < 1.29 is 23.2 Å². The Kier molecular flexibility index (Phi) is 4.96. The molecule has 0 unspecified atom stereocenters. The summed E-state index contributed by atoms with van der Waals surface area (Å²) in [6.07, 6.45) is -0.710. The zero-order valence-corrected chi connectivity index (χ0v) is 13.7. The molecule has 0 saturated carbocycles. The first-order valence-electron chi connectivity index (χ1n) is 7.22. The molecule has 7 nitrogen and oxygen atoms in total. The van der Waals surface area contributed by atoms with Gasteiger partial charge in [0.05, 0.1) is 17.3 Å². The van der Waals surface area contributed by atoms with Gasteiger partial charge in [0, 0.05) is 11.6 Å². The second-order valence-corrected chi connectivity index (χ2v) is 6.18. The molecule has 2 aromatic rings. The first-order valence-corrected chi connectivity index (χ1v) is 7.22. The van der Waals surface area contributed by atoms with E-state index in [0.717, 1.165) is 0 Å². The number of benzene rings is 1. The Morgan fingerprint density at radius 2 is 2.08 bits per heavy atom. The van der Waals surface area contributed by atoms with Crippen molar-refractivity contribution in [2.24, 2.45) is 5.73 Å². The minimum atomic E-state index is -0.999. The first-order chi connectivity index (χ1) is 11.2. The molecular formula is C16H19FN2O5. The van der Waals surface area contributed by atoms with Gasteiger partial charge in [0.25, 0.3) is 5.56 Å². The van der Waals surface area contributed by atoms with Crippen LogP contribution < -0.4 is 16.0 Å². The predicted octanol–water partition coefficient (Wildman–Crippen LogP) is 2.68. The van der Waals surface area contributed by atoms with Gasteiger partial charge < -0.3 is 19.7 Å². The molecular weight excluding hydrogens is 319 g/mol. The van der Waals surface area contributed by atoms with Crippen molar-refractivity contribution in [2.75, 3.05) is 13.2 Å². The van der Waals surface area contributed by atoms with Crippen molar-refractivity contribution >= 4 is 17.1 Å². The topological polar surface area (TPSA) is 96.7 Å². The van der Waals surface area contributed by atoms with Gasteiger partial charge in [0.1, 0.15) is 19.0 Å². The van der Waals surface area contributed by atoms with E-state index in [1.54, 1.807) is 18.2 Å². The van der Waals surface area contributed by atoms with Crippen LogP contribution in [0.3, 0.4) is 0 Å². The van der Waals surface area contributed by atoms with Gasteiger partial charge in [-0.3, -0.25) is 4.79 Å². The predicted molar refractivity (Wildman–Crippen MR) is 85.7 cm³/mol. The number of hydrogen-bond acceptors (Lipinski definition) is 5. The first kappa shape index (κ1) is 17.6. The molecule has 0 spiro atoms. The van der Waals surface area contributed by atoms with E-state index in [2.05, 4.69) is 4.74 Å². The van der Waals surface area contributed by atoms with Gasteiger partial charge in [0.15, 0.2) is 5.58 Å². The van der Waals surface area contributed by atoms with Gasteiger partial charge in [-0.15, -0.1) is 0 Å². The molecule has 0 radical (unpaired) electrons. The third-order valence-corrected chi connectivity index (χ3v) is 3.15. The highest BCUT2D eigenvalue weighted by Crippen LogP contribution is 2.22. The number of aromatic nitrogens is 1. The standard InChI is InChI=1S/C16H19FN2O5/c1-16(2,3)19-14(20)12-5-4-11(6-13(12)24-19)22-8-10(7-17)9-23-15(18)21/h4-7H,8-9H2,1-3H3,(H2,18,21)/b10-7-. The van der Waals surface area contributed by atoms with Crippen molar-refractivity contribution in [3.63, 3.8) is 0 Å². The van der Waals surface area contributed by atoms with Gasteiger partial charge >= 0.3 is 6.09 Å². The van der Waals surface area contributed by atoms with Crippen LogP contribution in [-0.2, 0) is 10.3 Å². The third kappa shape index (κ3) is 3.95. The number of nitrogens with two attached hydrogens (primary N) is 1. The normalized spacial score (nSPS) is 12.4.